The molecule has 4 heteroatoms. The first-order valence-corrected chi connectivity index (χ1v) is 11.1. The van der Waals surface area contributed by atoms with Crippen molar-refractivity contribution in [3.63, 3.8) is 0 Å². The topological polar surface area (TPSA) is 44.8 Å². The fourth-order valence-corrected chi connectivity index (χ4v) is 2.97. The van der Waals surface area contributed by atoms with Crippen LogP contribution in [0.3, 0.4) is 0 Å². The van der Waals surface area contributed by atoms with Crippen LogP contribution >= 0.6 is 0 Å². The first-order valence-electron chi connectivity index (χ1n) is 11.1. The van der Waals surface area contributed by atoms with Crippen LogP contribution in [0.4, 0.5) is 0 Å². The van der Waals surface area contributed by atoms with E-state index in [0.717, 1.165) is 62.9 Å². The van der Waals surface area contributed by atoms with Crippen molar-refractivity contribution in [3.05, 3.63) is 79.4 Å². The van der Waals surface area contributed by atoms with Crippen molar-refractivity contribution in [2.45, 2.75) is 51.4 Å². The van der Waals surface area contributed by atoms with Crippen molar-refractivity contribution >= 4 is 5.97 Å². The van der Waals surface area contributed by atoms with Gasteiger partial charge in [0.25, 0.3) is 0 Å². The summed E-state index contributed by atoms with van der Waals surface area (Å²) < 4.78 is 16.9. The van der Waals surface area contributed by atoms with Crippen LogP contribution in [-0.2, 0) is 0 Å². The molecule has 2 aromatic carbocycles. The second-order valence-corrected chi connectivity index (χ2v) is 7.36. The lowest BCUT2D eigenvalue weighted by molar-refractivity contribution is 0.0734. The first-order chi connectivity index (χ1) is 15.2. The molecule has 0 spiro atoms. The lowest BCUT2D eigenvalue weighted by Crippen LogP contribution is -2.08. The predicted molar refractivity (Wildman–Crippen MR) is 126 cm³/mol. The van der Waals surface area contributed by atoms with E-state index in [1.54, 1.807) is 36.4 Å². The molecule has 0 bridgehead atoms. The van der Waals surface area contributed by atoms with Crippen LogP contribution in [0.1, 0.15) is 61.7 Å². The summed E-state index contributed by atoms with van der Waals surface area (Å²) in [5, 5.41) is 0. The van der Waals surface area contributed by atoms with Gasteiger partial charge in [0, 0.05) is 0 Å². The summed E-state index contributed by atoms with van der Waals surface area (Å²) in [6, 6.07) is 14.2. The number of hydrogen-bond acceptors (Lipinski definition) is 4. The molecule has 0 fully saturated rings. The van der Waals surface area contributed by atoms with E-state index >= 15 is 0 Å². The summed E-state index contributed by atoms with van der Waals surface area (Å²) in [7, 11) is 0. The Balaban J connectivity index is 1.70. The third-order valence-corrected chi connectivity index (χ3v) is 4.77. The molecule has 0 amide bonds. The highest BCUT2D eigenvalue weighted by Gasteiger charge is 2.09. The van der Waals surface area contributed by atoms with Crippen molar-refractivity contribution in [1.82, 2.24) is 0 Å². The van der Waals surface area contributed by atoms with Crippen molar-refractivity contribution in [1.29, 1.82) is 0 Å². The van der Waals surface area contributed by atoms with E-state index in [1.165, 1.54) is 0 Å². The number of allylic oxidation sites excluding steroid dienone is 2. The van der Waals surface area contributed by atoms with E-state index in [2.05, 4.69) is 13.2 Å². The van der Waals surface area contributed by atoms with Gasteiger partial charge in [-0.25, -0.2) is 4.79 Å². The highest BCUT2D eigenvalue weighted by Crippen LogP contribution is 2.20. The fraction of sp³-hybridized carbons (Fsp3) is 0.370. The molecular formula is C27H34O4. The molecule has 0 aromatic heterocycles. The number of ether oxygens (including phenoxy) is 3. The Morgan fingerprint density at radius 2 is 1.10 bits per heavy atom. The van der Waals surface area contributed by atoms with Crippen molar-refractivity contribution in [3.8, 4) is 17.2 Å². The number of carbonyl (C=O) groups excluding carboxylic acids is 1. The Bertz CT molecular complexity index is 778. The van der Waals surface area contributed by atoms with Gasteiger partial charge in [-0.2, -0.15) is 0 Å². The normalized spacial score (nSPS) is 10.3. The molecule has 0 aliphatic carbocycles. The van der Waals surface area contributed by atoms with E-state index in [0.29, 0.717) is 24.5 Å². The summed E-state index contributed by atoms with van der Waals surface area (Å²) in [6.07, 6.45) is 12.5. The third-order valence-electron chi connectivity index (χ3n) is 4.77. The van der Waals surface area contributed by atoms with E-state index in [-0.39, 0.29) is 0 Å². The lowest BCUT2D eigenvalue weighted by atomic mass is 10.2. The van der Waals surface area contributed by atoms with E-state index in [9.17, 15) is 4.79 Å². The van der Waals surface area contributed by atoms with Gasteiger partial charge in [0.2, 0.25) is 0 Å². The Kier molecular flexibility index (Phi) is 11.7. The molecule has 0 aliphatic heterocycles. The molecule has 0 radical (unpaired) electrons. The van der Waals surface area contributed by atoms with Gasteiger partial charge >= 0.3 is 5.97 Å². The van der Waals surface area contributed by atoms with Crippen LogP contribution in [0.2, 0.25) is 0 Å². The second kappa shape index (κ2) is 14.9. The molecule has 0 saturated heterocycles. The zero-order valence-electron chi connectivity index (χ0n) is 18.4. The highest BCUT2D eigenvalue weighted by molar-refractivity contribution is 5.91. The largest absolute Gasteiger partial charge is 0.494 e. The van der Waals surface area contributed by atoms with E-state index in [4.69, 9.17) is 14.2 Å². The van der Waals surface area contributed by atoms with Gasteiger partial charge in [-0.3, -0.25) is 0 Å². The van der Waals surface area contributed by atoms with Gasteiger partial charge in [0.05, 0.1) is 18.8 Å². The minimum Gasteiger partial charge on any atom is -0.494 e. The fourth-order valence-electron chi connectivity index (χ4n) is 2.97. The van der Waals surface area contributed by atoms with Gasteiger partial charge in [0.1, 0.15) is 17.2 Å². The Hall–Kier alpha value is -3.01. The maximum atomic E-state index is 12.4. The average Bonchev–Trinajstić information content (AvgIpc) is 2.80. The lowest BCUT2D eigenvalue weighted by Gasteiger charge is -2.09. The summed E-state index contributed by atoms with van der Waals surface area (Å²) in [6.45, 7) is 8.80. The zero-order chi connectivity index (χ0) is 22.2. The first kappa shape index (κ1) is 24.3. The number of unbranched alkanes of at least 4 members (excludes halogenated alkanes) is 6. The molecule has 2 aromatic rings. The zero-order valence-corrected chi connectivity index (χ0v) is 18.4. The number of hydrogen-bond donors (Lipinski definition) is 0. The van der Waals surface area contributed by atoms with Crippen LogP contribution in [0.15, 0.2) is 73.8 Å². The van der Waals surface area contributed by atoms with Crippen molar-refractivity contribution in [2.24, 2.45) is 0 Å². The minimum absolute atomic E-state index is 0.396. The third kappa shape index (κ3) is 10.0. The maximum Gasteiger partial charge on any atom is 0.343 e. The van der Waals surface area contributed by atoms with Crippen LogP contribution in [0, 0.1) is 0 Å². The van der Waals surface area contributed by atoms with Crippen molar-refractivity contribution < 1.29 is 19.0 Å². The molecule has 0 heterocycles. The minimum atomic E-state index is -0.396. The van der Waals surface area contributed by atoms with Gasteiger partial charge in [-0.15, -0.1) is 13.2 Å². The maximum absolute atomic E-state index is 12.4. The standard InChI is InChI=1S/C27H34O4/c1-3-5-7-9-11-21-29-24-15-13-23(14-16-24)27(28)31-26-19-17-25(18-20-26)30-22-12-10-8-6-4-2/h3-4,13-20H,1-2,5-12,21-22H2. The van der Waals surface area contributed by atoms with E-state index in [1.807, 2.05) is 24.3 Å². The number of rotatable bonds is 16. The predicted octanol–water partition coefficient (Wildman–Crippen LogP) is 7.16. The van der Waals surface area contributed by atoms with Gasteiger partial charge < -0.3 is 14.2 Å². The summed E-state index contributed by atoms with van der Waals surface area (Å²) in [5.41, 5.74) is 0.484. The number of carbonyl (C=O) groups is 1. The smallest absolute Gasteiger partial charge is 0.343 e. The van der Waals surface area contributed by atoms with Crippen LogP contribution in [0.5, 0.6) is 17.2 Å². The molecule has 4 nitrogen and oxygen atoms in total. The molecule has 2 rings (SSSR count). The molecule has 0 aliphatic rings. The van der Waals surface area contributed by atoms with Crippen LogP contribution < -0.4 is 14.2 Å². The molecule has 31 heavy (non-hydrogen) atoms. The molecule has 0 atom stereocenters. The van der Waals surface area contributed by atoms with Crippen LogP contribution in [0.25, 0.3) is 0 Å². The molecular weight excluding hydrogens is 388 g/mol. The number of esters is 1. The molecule has 0 N–H and O–H groups in total. The Morgan fingerprint density at radius 3 is 1.58 bits per heavy atom. The summed E-state index contributed by atoms with van der Waals surface area (Å²) in [4.78, 5) is 12.4. The Morgan fingerprint density at radius 1 is 0.645 bits per heavy atom. The van der Waals surface area contributed by atoms with Crippen molar-refractivity contribution in [2.75, 3.05) is 13.2 Å². The number of benzene rings is 2. The van der Waals surface area contributed by atoms with Gasteiger partial charge in [-0.1, -0.05) is 12.2 Å². The molecule has 166 valence electrons. The summed E-state index contributed by atoms with van der Waals surface area (Å²) >= 11 is 0. The quantitative estimate of drug-likeness (QED) is 0.125. The van der Waals surface area contributed by atoms with Gasteiger partial charge in [-0.05, 0) is 99.9 Å². The molecule has 0 unspecified atom stereocenters. The monoisotopic (exact) mass is 422 g/mol. The molecule has 0 saturated carbocycles. The van der Waals surface area contributed by atoms with Gasteiger partial charge in [0.15, 0.2) is 0 Å². The Labute approximate surface area is 186 Å². The average molecular weight is 423 g/mol. The SMILES string of the molecule is C=CCCCCCOc1ccc(OC(=O)c2ccc(OCCCCCC=C)cc2)cc1. The second-order valence-electron chi connectivity index (χ2n) is 7.36. The highest BCUT2D eigenvalue weighted by atomic mass is 16.5. The summed E-state index contributed by atoms with van der Waals surface area (Å²) in [5.74, 6) is 1.62. The van der Waals surface area contributed by atoms with Crippen LogP contribution in [-0.4, -0.2) is 19.2 Å². The van der Waals surface area contributed by atoms with E-state index < -0.39 is 5.97 Å².